The van der Waals surface area contributed by atoms with Crippen molar-refractivity contribution in [1.82, 2.24) is 29.3 Å². The molecule has 3 aliphatic rings. The summed E-state index contributed by atoms with van der Waals surface area (Å²) in [6, 6.07) is 15.1. The summed E-state index contributed by atoms with van der Waals surface area (Å²) in [7, 11) is 3.58. The van der Waals surface area contributed by atoms with Crippen LogP contribution in [0.2, 0.25) is 0 Å². The second-order valence-electron chi connectivity index (χ2n) is 15.3. The highest BCUT2D eigenvalue weighted by molar-refractivity contribution is 5.98. The molecule has 0 radical (unpaired) electrons. The first kappa shape index (κ1) is 36.0. The zero-order valence-corrected chi connectivity index (χ0v) is 30.8. The van der Waals surface area contributed by atoms with Gasteiger partial charge in [-0.1, -0.05) is 37.1 Å². The molecule has 5 heterocycles. The number of hydrogen-bond acceptors (Lipinski definition) is 9. The number of anilines is 3. The van der Waals surface area contributed by atoms with Crippen molar-refractivity contribution in [2.24, 2.45) is 5.92 Å². The molecule has 52 heavy (non-hydrogen) atoms. The number of hydrogen-bond donors (Lipinski definition) is 2. The molecule has 2 saturated heterocycles. The molecule has 1 saturated carbocycles. The fraction of sp³-hybridized carbons (Fsp3) is 0.537. The molecule has 1 atom stereocenters. The molecule has 3 fully saturated rings. The van der Waals surface area contributed by atoms with Crippen LogP contribution in [0.15, 0.2) is 54.9 Å². The van der Waals surface area contributed by atoms with Gasteiger partial charge in [0, 0.05) is 70.3 Å². The van der Waals surface area contributed by atoms with Gasteiger partial charge in [-0.3, -0.25) is 4.79 Å². The quantitative estimate of drug-likeness (QED) is 0.150. The molecule has 276 valence electrons. The summed E-state index contributed by atoms with van der Waals surface area (Å²) in [4.78, 5) is 44.8. The van der Waals surface area contributed by atoms with Gasteiger partial charge in [-0.25, -0.2) is 9.97 Å². The molecule has 2 N–H and O–H groups in total. The second kappa shape index (κ2) is 16.5. The van der Waals surface area contributed by atoms with E-state index < -0.39 is 0 Å². The van der Waals surface area contributed by atoms with E-state index in [4.69, 9.17) is 9.97 Å². The number of nitrogens with zero attached hydrogens (tertiary/aromatic N) is 7. The van der Waals surface area contributed by atoms with Crippen molar-refractivity contribution in [3.63, 3.8) is 0 Å². The lowest BCUT2D eigenvalue weighted by molar-refractivity contribution is -0.108. The first-order chi connectivity index (χ1) is 25.4. The zero-order chi connectivity index (χ0) is 36.0. The molecule has 1 aliphatic carbocycles. The SMILES string of the molecule is CN(C)C(=O)c1cc2cnc(Nc3ccc(N4CCC(CN5CCC(c6cccc(C(CO)CCC=O)c6)CC5)CC4)cn3)nc2n1C1CCCC1. The predicted octanol–water partition coefficient (Wildman–Crippen LogP) is 6.54. The first-order valence-electron chi connectivity index (χ1n) is 19.3. The Kier molecular flexibility index (Phi) is 11.5. The van der Waals surface area contributed by atoms with E-state index >= 15 is 0 Å². The van der Waals surface area contributed by atoms with E-state index in [0.29, 0.717) is 42.1 Å². The van der Waals surface area contributed by atoms with Crippen LogP contribution in [0.4, 0.5) is 17.5 Å². The predicted molar refractivity (Wildman–Crippen MR) is 205 cm³/mol. The largest absolute Gasteiger partial charge is 0.396 e. The van der Waals surface area contributed by atoms with E-state index in [1.54, 1.807) is 25.2 Å². The third kappa shape index (κ3) is 8.15. The molecule has 1 amide bonds. The van der Waals surface area contributed by atoms with Crippen LogP contribution >= 0.6 is 0 Å². The highest BCUT2D eigenvalue weighted by Crippen LogP contribution is 2.36. The van der Waals surface area contributed by atoms with Gasteiger partial charge in [0.05, 0.1) is 11.9 Å². The van der Waals surface area contributed by atoms with Crippen molar-refractivity contribution in [2.45, 2.75) is 82.1 Å². The summed E-state index contributed by atoms with van der Waals surface area (Å²) >= 11 is 0. The summed E-state index contributed by atoms with van der Waals surface area (Å²) in [6.07, 6.45) is 15.0. The molecule has 2 aliphatic heterocycles. The Hall–Kier alpha value is -4.35. The molecule has 11 heteroatoms. The van der Waals surface area contributed by atoms with Crippen LogP contribution in [-0.4, -0.2) is 100 Å². The summed E-state index contributed by atoms with van der Waals surface area (Å²) in [5.74, 6) is 2.46. The molecule has 7 rings (SSSR count). The van der Waals surface area contributed by atoms with Gasteiger partial charge in [-0.2, -0.15) is 4.98 Å². The summed E-state index contributed by atoms with van der Waals surface area (Å²) in [6.45, 7) is 5.56. The monoisotopic (exact) mass is 706 g/mol. The molecular formula is C41H54N8O3. The Balaban J connectivity index is 0.901. The van der Waals surface area contributed by atoms with Crippen molar-refractivity contribution < 1.29 is 14.7 Å². The Bertz CT molecular complexity index is 1800. The van der Waals surface area contributed by atoms with E-state index in [2.05, 4.69) is 55.0 Å². The fourth-order valence-electron chi connectivity index (χ4n) is 8.64. The number of aromatic nitrogens is 4. The number of carbonyl (C=O) groups excluding carboxylic acids is 2. The Morgan fingerprint density at radius 1 is 0.981 bits per heavy atom. The van der Waals surface area contributed by atoms with Crippen molar-refractivity contribution in [1.29, 1.82) is 0 Å². The Labute approximate surface area is 307 Å². The number of benzene rings is 1. The maximum Gasteiger partial charge on any atom is 0.270 e. The van der Waals surface area contributed by atoms with Gasteiger partial charge in [0.25, 0.3) is 5.91 Å². The number of aldehydes is 1. The van der Waals surface area contributed by atoms with Crippen molar-refractivity contribution in [3.8, 4) is 0 Å². The molecule has 3 aromatic heterocycles. The zero-order valence-electron chi connectivity index (χ0n) is 30.8. The second-order valence-corrected chi connectivity index (χ2v) is 15.3. The lowest BCUT2D eigenvalue weighted by Crippen LogP contribution is -2.41. The normalized spacial score (nSPS) is 18.6. The van der Waals surface area contributed by atoms with Crippen LogP contribution in [0.1, 0.15) is 104 Å². The number of fused-ring (bicyclic) bond motifs is 1. The van der Waals surface area contributed by atoms with Gasteiger partial charge < -0.3 is 34.5 Å². The molecule has 1 unspecified atom stereocenters. The van der Waals surface area contributed by atoms with Gasteiger partial charge >= 0.3 is 0 Å². The summed E-state index contributed by atoms with van der Waals surface area (Å²) in [5, 5.41) is 14.1. The van der Waals surface area contributed by atoms with Gasteiger partial charge in [0.15, 0.2) is 0 Å². The molecule has 4 aromatic rings. The smallest absolute Gasteiger partial charge is 0.270 e. The van der Waals surface area contributed by atoms with Crippen LogP contribution in [0, 0.1) is 5.92 Å². The third-order valence-corrected chi connectivity index (χ3v) is 11.7. The number of nitrogens with one attached hydrogen (secondary N) is 1. The van der Waals surface area contributed by atoms with Gasteiger partial charge in [-0.15, -0.1) is 0 Å². The first-order valence-corrected chi connectivity index (χ1v) is 19.3. The number of rotatable bonds is 13. The van der Waals surface area contributed by atoms with Crippen LogP contribution in [0.5, 0.6) is 0 Å². The van der Waals surface area contributed by atoms with Crippen LogP contribution in [-0.2, 0) is 4.79 Å². The lowest BCUT2D eigenvalue weighted by Gasteiger charge is -2.38. The van der Waals surface area contributed by atoms with Crippen molar-refractivity contribution in [2.75, 3.05) is 63.6 Å². The van der Waals surface area contributed by atoms with Gasteiger partial charge in [-0.05, 0) is 99.2 Å². The molecule has 0 bridgehead atoms. The lowest BCUT2D eigenvalue weighted by atomic mass is 9.85. The minimum absolute atomic E-state index is 0.0125. The number of likely N-dealkylation sites (tertiary alicyclic amines) is 1. The number of amides is 1. The topological polar surface area (TPSA) is 120 Å². The van der Waals surface area contributed by atoms with Gasteiger partial charge in [0.2, 0.25) is 5.95 Å². The van der Waals surface area contributed by atoms with E-state index in [1.807, 2.05) is 18.3 Å². The minimum atomic E-state index is -0.0125. The molecule has 0 spiro atoms. The Morgan fingerprint density at radius 2 is 1.77 bits per heavy atom. The maximum absolute atomic E-state index is 13.1. The highest BCUT2D eigenvalue weighted by Gasteiger charge is 2.28. The number of carbonyl (C=O) groups is 2. The Morgan fingerprint density at radius 3 is 2.46 bits per heavy atom. The molecule has 1 aromatic carbocycles. The standard InChI is InChI=1S/C41H54N8O3/c1-46(2)40(52)37-24-34-25-43-41(45-39(34)49(37)35-10-3-4-11-35)44-38-13-12-36(26-42-38)48-20-14-29(15-21-48)27-47-18-16-30(17-19-47)31-7-5-8-32(23-31)33(28-51)9-6-22-50/h5,7-8,12-13,22-26,29-30,33,35,51H,3-4,6,9-11,14-21,27-28H2,1-2H3,(H,42,43,44,45). The number of aliphatic hydroxyl groups excluding tert-OH is 1. The van der Waals surface area contributed by atoms with Crippen LogP contribution in [0.3, 0.4) is 0 Å². The van der Waals surface area contributed by atoms with E-state index in [-0.39, 0.29) is 24.5 Å². The highest BCUT2D eigenvalue weighted by atomic mass is 16.3. The van der Waals surface area contributed by atoms with Crippen molar-refractivity contribution >= 4 is 40.7 Å². The van der Waals surface area contributed by atoms with Crippen LogP contribution < -0.4 is 10.2 Å². The van der Waals surface area contributed by atoms with E-state index in [0.717, 1.165) is 80.4 Å². The average Bonchev–Trinajstić information content (AvgIpc) is 3.84. The number of pyridine rings is 1. The van der Waals surface area contributed by atoms with Crippen LogP contribution in [0.25, 0.3) is 11.0 Å². The number of aliphatic hydroxyl groups is 1. The summed E-state index contributed by atoms with van der Waals surface area (Å²) in [5.41, 5.74) is 5.14. The summed E-state index contributed by atoms with van der Waals surface area (Å²) < 4.78 is 2.13. The third-order valence-electron chi connectivity index (χ3n) is 11.7. The van der Waals surface area contributed by atoms with Gasteiger partial charge in [0.1, 0.15) is 23.4 Å². The van der Waals surface area contributed by atoms with E-state index in [1.165, 1.54) is 37.8 Å². The molecule has 11 nitrogen and oxygen atoms in total. The molecular weight excluding hydrogens is 653 g/mol. The fourth-order valence-corrected chi connectivity index (χ4v) is 8.64. The maximum atomic E-state index is 13.1. The minimum Gasteiger partial charge on any atom is -0.396 e. The average molecular weight is 707 g/mol. The van der Waals surface area contributed by atoms with Crippen molar-refractivity contribution in [3.05, 3.63) is 71.7 Å². The number of piperidine rings is 2. The van der Waals surface area contributed by atoms with E-state index in [9.17, 15) is 14.7 Å².